The van der Waals surface area contributed by atoms with E-state index in [-0.39, 0.29) is 11.7 Å². The molecule has 0 aromatic heterocycles. The standard InChI is InChI=1S/C29H26NO2P/c1-23(31)28(29(32)30(2)24-15-7-3-8-16-24)33(25-17-9-4-10-18-25,26-19-11-5-12-20-26)27-21-13-6-14-22-27/h3-22H,1-2H3. The van der Waals surface area contributed by atoms with E-state index in [1.54, 1.807) is 11.9 Å². The molecular formula is C29H26NO2P. The van der Waals surface area contributed by atoms with Gasteiger partial charge in [-0.3, -0.25) is 9.59 Å². The van der Waals surface area contributed by atoms with Crippen molar-refractivity contribution < 1.29 is 9.59 Å². The number of nitrogens with zero attached hydrogens (tertiary/aromatic N) is 1. The van der Waals surface area contributed by atoms with Crippen LogP contribution in [-0.2, 0) is 9.59 Å². The van der Waals surface area contributed by atoms with Gasteiger partial charge in [-0.1, -0.05) is 109 Å². The molecule has 3 nitrogen and oxygen atoms in total. The lowest BCUT2D eigenvalue weighted by Crippen LogP contribution is -2.43. The van der Waals surface area contributed by atoms with Gasteiger partial charge >= 0.3 is 0 Å². The quantitative estimate of drug-likeness (QED) is 0.322. The molecule has 0 aliphatic carbocycles. The molecule has 0 saturated carbocycles. The van der Waals surface area contributed by atoms with E-state index >= 15 is 0 Å². The van der Waals surface area contributed by atoms with Gasteiger partial charge in [-0.15, -0.1) is 0 Å². The molecule has 0 saturated heterocycles. The molecule has 0 radical (unpaired) electrons. The molecule has 164 valence electrons. The lowest BCUT2D eigenvalue weighted by Gasteiger charge is -2.33. The van der Waals surface area contributed by atoms with Gasteiger partial charge in [0.25, 0.3) is 5.91 Å². The molecule has 0 heterocycles. The van der Waals surface area contributed by atoms with Gasteiger partial charge in [0.15, 0.2) is 5.78 Å². The number of benzene rings is 4. The molecule has 4 aromatic carbocycles. The van der Waals surface area contributed by atoms with Crippen LogP contribution in [0.2, 0.25) is 0 Å². The van der Waals surface area contributed by atoms with Crippen molar-refractivity contribution in [2.45, 2.75) is 6.92 Å². The minimum atomic E-state index is -2.77. The Morgan fingerprint density at radius 2 is 0.909 bits per heavy atom. The van der Waals surface area contributed by atoms with E-state index in [1.807, 2.05) is 121 Å². The van der Waals surface area contributed by atoms with Gasteiger partial charge in [-0.25, -0.2) is 0 Å². The average molecular weight is 452 g/mol. The second-order valence-electron chi connectivity index (χ2n) is 7.78. The van der Waals surface area contributed by atoms with Crippen LogP contribution in [0.3, 0.4) is 0 Å². The molecule has 0 unspecified atom stereocenters. The largest absolute Gasteiger partial charge is 0.311 e. The van der Waals surface area contributed by atoms with Gasteiger partial charge in [0, 0.05) is 12.7 Å². The number of para-hydroxylation sites is 1. The molecule has 0 aliphatic heterocycles. The fraction of sp³-hybridized carbons (Fsp3) is 0.0690. The summed E-state index contributed by atoms with van der Waals surface area (Å²) in [6.07, 6.45) is 0. The lowest BCUT2D eigenvalue weighted by molar-refractivity contribution is -0.115. The van der Waals surface area contributed by atoms with Crippen LogP contribution in [0.1, 0.15) is 6.92 Å². The summed E-state index contributed by atoms with van der Waals surface area (Å²) in [5, 5.41) is 3.24. The van der Waals surface area contributed by atoms with Gasteiger partial charge < -0.3 is 4.90 Å². The summed E-state index contributed by atoms with van der Waals surface area (Å²) in [6.45, 7) is -1.26. The molecule has 0 bridgehead atoms. The zero-order valence-corrected chi connectivity index (χ0v) is 19.7. The number of carbonyl (C=O) groups excluding carboxylic acids is 2. The topological polar surface area (TPSA) is 37.4 Å². The Hall–Kier alpha value is -3.68. The Morgan fingerprint density at radius 3 is 1.24 bits per heavy atom. The van der Waals surface area contributed by atoms with Gasteiger partial charge in [0.1, 0.15) is 0 Å². The zero-order chi connectivity index (χ0) is 23.3. The first-order chi connectivity index (χ1) is 16.1. The van der Waals surface area contributed by atoms with Crippen LogP contribution >= 0.6 is 6.89 Å². The van der Waals surface area contributed by atoms with Crippen LogP contribution in [0.5, 0.6) is 0 Å². The molecule has 0 spiro atoms. The van der Waals surface area contributed by atoms with Gasteiger partial charge in [0.2, 0.25) is 0 Å². The van der Waals surface area contributed by atoms with Crippen molar-refractivity contribution in [3.63, 3.8) is 0 Å². The minimum absolute atomic E-state index is 0.215. The molecule has 0 aliphatic rings. The number of anilines is 1. The highest BCUT2D eigenvalue weighted by Gasteiger charge is 2.36. The number of carbonyl (C=O) groups is 2. The fourth-order valence-electron chi connectivity index (χ4n) is 4.25. The average Bonchev–Trinajstić information content (AvgIpc) is 2.88. The second kappa shape index (κ2) is 9.85. The molecule has 0 N–H and O–H groups in total. The summed E-state index contributed by atoms with van der Waals surface area (Å²) in [5.41, 5.74) is 0.744. The Labute approximate surface area is 195 Å². The predicted molar refractivity (Wildman–Crippen MR) is 141 cm³/mol. The molecule has 0 fully saturated rings. The monoisotopic (exact) mass is 451 g/mol. The number of hydrogen-bond donors (Lipinski definition) is 0. The van der Waals surface area contributed by atoms with E-state index in [2.05, 4.69) is 0 Å². The Balaban J connectivity index is 2.18. The maximum Gasteiger partial charge on any atom is 0.262 e. The summed E-state index contributed by atoms with van der Waals surface area (Å²) in [6, 6.07) is 39.4. The first-order valence-electron chi connectivity index (χ1n) is 10.8. The van der Waals surface area contributed by atoms with E-state index in [9.17, 15) is 9.59 Å². The summed E-state index contributed by atoms with van der Waals surface area (Å²) in [7, 11) is 1.73. The number of rotatable bonds is 6. The summed E-state index contributed by atoms with van der Waals surface area (Å²) in [4.78, 5) is 29.2. The molecule has 4 heteroatoms. The second-order valence-corrected chi connectivity index (χ2v) is 11.1. The van der Waals surface area contributed by atoms with Crippen molar-refractivity contribution in [1.82, 2.24) is 0 Å². The van der Waals surface area contributed by atoms with Crippen LogP contribution in [0.25, 0.3) is 0 Å². The van der Waals surface area contributed by atoms with Crippen LogP contribution < -0.4 is 20.8 Å². The first-order valence-corrected chi connectivity index (χ1v) is 12.6. The molecule has 1 amide bonds. The third-order valence-electron chi connectivity index (χ3n) is 5.75. The molecule has 0 atom stereocenters. The number of amides is 1. The Kier molecular flexibility index (Phi) is 6.72. The van der Waals surface area contributed by atoms with E-state index < -0.39 is 6.89 Å². The van der Waals surface area contributed by atoms with Crippen LogP contribution in [0.4, 0.5) is 5.69 Å². The SMILES string of the molecule is CC(=O)C(C(=O)N(C)c1ccccc1)=P(c1ccccc1)(c1ccccc1)c1ccccc1. The highest BCUT2D eigenvalue weighted by Crippen LogP contribution is 2.46. The van der Waals surface area contributed by atoms with Gasteiger partial charge in [-0.05, 0) is 41.9 Å². The third kappa shape index (κ3) is 4.20. The fourth-order valence-corrected chi connectivity index (χ4v) is 8.68. The van der Waals surface area contributed by atoms with Crippen molar-refractivity contribution in [1.29, 1.82) is 0 Å². The minimum Gasteiger partial charge on any atom is -0.311 e. The lowest BCUT2D eigenvalue weighted by atomic mass is 10.2. The number of ketones is 1. The number of Topliss-reactive ketones (excluding diaryl/α,β-unsaturated/α-hetero) is 1. The molecular weight excluding hydrogens is 425 g/mol. The smallest absolute Gasteiger partial charge is 0.262 e. The van der Waals surface area contributed by atoms with E-state index in [0.29, 0.717) is 5.29 Å². The van der Waals surface area contributed by atoms with Crippen molar-refractivity contribution in [3.8, 4) is 0 Å². The van der Waals surface area contributed by atoms with Crippen LogP contribution in [0.15, 0.2) is 121 Å². The Morgan fingerprint density at radius 1 is 0.576 bits per heavy atom. The van der Waals surface area contributed by atoms with Gasteiger partial charge in [0.05, 0.1) is 5.29 Å². The third-order valence-corrected chi connectivity index (χ3v) is 10.1. The van der Waals surface area contributed by atoms with Gasteiger partial charge in [-0.2, -0.15) is 0 Å². The normalized spacial score (nSPS) is 11.0. The van der Waals surface area contributed by atoms with Crippen molar-refractivity contribution in [2.24, 2.45) is 0 Å². The van der Waals surface area contributed by atoms with Crippen LogP contribution in [0, 0.1) is 0 Å². The van der Waals surface area contributed by atoms with Crippen molar-refractivity contribution in [2.75, 3.05) is 11.9 Å². The number of hydrogen-bond acceptors (Lipinski definition) is 2. The predicted octanol–water partition coefficient (Wildman–Crippen LogP) is 4.40. The maximum absolute atomic E-state index is 14.1. The summed E-state index contributed by atoms with van der Waals surface area (Å²) in [5.74, 6) is -0.494. The van der Waals surface area contributed by atoms with Crippen molar-refractivity contribution >= 4 is 45.5 Å². The highest BCUT2D eigenvalue weighted by molar-refractivity contribution is 7.97. The Bertz CT molecular complexity index is 1200. The van der Waals surface area contributed by atoms with E-state index in [4.69, 9.17) is 0 Å². The first kappa shape index (κ1) is 22.5. The zero-order valence-electron chi connectivity index (χ0n) is 18.8. The van der Waals surface area contributed by atoms with E-state index in [1.165, 1.54) is 6.92 Å². The van der Waals surface area contributed by atoms with E-state index in [0.717, 1.165) is 21.6 Å². The van der Waals surface area contributed by atoms with Crippen LogP contribution in [-0.4, -0.2) is 24.0 Å². The molecule has 4 rings (SSSR count). The maximum atomic E-state index is 14.1. The summed E-state index contributed by atoms with van der Waals surface area (Å²) < 4.78 is 0. The highest BCUT2D eigenvalue weighted by atomic mass is 31.2. The molecule has 33 heavy (non-hydrogen) atoms. The molecule has 4 aromatic rings. The summed E-state index contributed by atoms with van der Waals surface area (Å²) >= 11 is 0. The van der Waals surface area contributed by atoms with Crippen molar-refractivity contribution in [3.05, 3.63) is 121 Å².